The van der Waals surface area contributed by atoms with Gasteiger partial charge in [-0.25, -0.2) is 0 Å². The fraction of sp³-hybridized carbons (Fsp3) is 0.419. The number of rotatable bonds is 11. The summed E-state index contributed by atoms with van der Waals surface area (Å²) in [6.45, 7) is 12.4. The molecule has 0 atom stereocenters. The van der Waals surface area contributed by atoms with Gasteiger partial charge in [-0.05, 0) is 68.8 Å². The van der Waals surface area contributed by atoms with E-state index in [0.717, 1.165) is 91.0 Å². The standard InChI is InChI=1S/C31H40N4O4/c1-6-34(7-2)31(36)23-9-11-26(12-10-23)35-15-13-33(14-16-35)22-28-29(37-4)18-24(19-30(28)38-5)25-17-27(39-8-3)21-32-20-25/h9-12,17-21H,6-8,13-16,22H2,1-5H3. The van der Waals surface area contributed by atoms with E-state index < -0.39 is 0 Å². The molecule has 4 rings (SSSR count). The van der Waals surface area contributed by atoms with Crippen LogP contribution in [0.3, 0.4) is 0 Å². The summed E-state index contributed by atoms with van der Waals surface area (Å²) in [6, 6.07) is 14.1. The Balaban J connectivity index is 1.43. The number of pyridine rings is 1. The van der Waals surface area contributed by atoms with Crippen LogP contribution in [0.25, 0.3) is 11.1 Å². The maximum atomic E-state index is 12.6. The summed E-state index contributed by atoms with van der Waals surface area (Å²) in [6.07, 6.45) is 3.54. The Morgan fingerprint density at radius 3 is 2.08 bits per heavy atom. The first-order valence-electron chi connectivity index (χ1n) is 13.7. The fourth-order valence-corrected chi connectivity index (χ4v) is 5.02. The number of aromatic nitrogens is 1. The molecule has 1 aromatic heterocycles. The molecule has 8 nitrogen and oxygen atoms in total. The van der Waals surface area contributed by atoms with Crippen molar-refractivity contribution in [3.05, 3.63) is 66.0 Å². The Morgan fingerprint density at radius 1 is 0.872 bits per heavy atom. The van der Waals surface area contributed by atoms with Crippen LogP contribution in [0.5, 0.6) is 17.2 Å². The molecule has 0 radical (unpaired) electrons. The van der Waals surface area contributed by atoms with Crippen molar-refractivity contribution in [2.24, 2.45) is 0 Å². The van der Waals surface area contributed by atoms with Crippen molar-refractivity contribution >= 4 is 11.6 Å². The van der Waals surface area contributed by atoms with Crippen LogP contribution in [-0.4, -0.2) is 80.8 Å². The van der Waals surface area contributed by atoms with Crippen molar-refractivity contribution in [2.75, 3.05) is 65.0 Å². The zero-order chi connectivity index (χ0) is 27.8. The highest BCUT2D eigenvalue weighted by atomic mass is 16.5. The quantitative estimate of drug-likeness (QED) is 0.345. The highest BCUT2D eigenvalue weighted by Gasteiger charge is 2.22. The summed E-state index contributed by atoms with van der Waals surface area (Å²) in [5.41, 5.74) is 4.83. The number of carbonyl (C=O) groups excluding carboxylic acids is 1. The lowest BCUT2D eigenvalue weighted by atomic mass is 10.0. The number of anilines is 1. The predicted octanol–water partition coefficient (Wildman–Crippen LogP) is 4.97. The average Bonchev–Trinajstić information content (AvgIpc) is 2.98. The molecule has 1 fully saturated rings. The molecule has 39 heavy (non-hydrogen) atoms. The Morgan fingerprint density at radius 2 is 1.51 bits per heavy atom. The van der Waals surface area contributed by atoms with Gasteiger partial charge >= 0.3 is 0 Å². The molecule has 3 aromatic rings. The topological polar surface area (TPSA) is 67.4 Å². The molecule has 1 amide bonds. The number of nitrogens with zero attached hydrogens (tertiary/aromatic N) is 4. The summed E-state index contributed by atoms with van der Waals surface area (Å²) < 4.78 is 17.3. The number of carbonyl (C=O) groups is 1. The summed E-state index contributed by atoms with van der Waals surface area (Å²) in [7, 11) is 3.40. The lowest BCUT2D eigenvalue weighted by Gasteiger charge is -2.36. The van der Waals surface area contributed by atoms with Gasteiger partial charge in [-0.3, -0.25) is 14.7 Å². The van der Waals surface area contributed by atoms with Gasteiger partial charge in [0.25, 0.3) is 5.91 Å². The highest BCUT2D eigenvalue weighted by molar-refractivity contribution is 5.94. The van der Waals surface area contributed by atoms with E-state index in [4.69, 9.17) is 14.2 Å². The van der Waals surface area contributed by atoms with Crippen LogP contribution in [0.1, 0.15) is 36.7 Å². The second-order valence-electron chi connectivity index (χ2n) is 9.49. The van der Waals surface area contributed by atoms with E-state index in [1.54, 1.807) is 20.4 Å². The molecule has 0 spiro atoms. The number of hydrogen-bond acceptors (Lipinski definition) is 7. The van der Waals surface area contributed by atoms with Crippen molar-refractivity contribution in [1.82, 2.24) is 14.8 Å². The van der Waals surface area contributed by atoms with E-state index in [2.05, 4.69) is 26.9 Å². The van der Waals surface area contributed by atoms with E-state index in [9.17, 15) is 4.79 Å². The van der Waals surface area contributed by atoms with Crippen molar-refractivity contribution in [2.45, 2.75) is 27.3 Å². The zero-order valence-corrected chi connectivity index (χ0v) is 23.8. The van der Waals surface area contributed by atoms with Gasteiger partial charge in [-0.1, -0.05) is 0 Å². The van der Waals surface area contributed by atoms with Crippen molar-refractivity contribution in [3.63, 3.8) is 0 Å². The molecule has 0 saturated carbocycles. The summed E-state index contributed by atoms with van der Waals surface area (Å²) in [4.78, 5) is 23.6. The van der Waals surface area contributed by atoms with Gasteiger partial charge in [-0.2, -0.15) is 0 Å². The Kier molecular flexibility index (Phi) is 9.65. The van der Waals surface area contributed by atoms with Gasteiger partial charge in [0.2, 0.25) is 0 Å². The van der Waals surface area contributed by atoms with Gasteiger partial charge < -0.3 is 24.0 Å². The Hall–Kier alpha value is -3.78. The lowest BCUT2D eigenvalue weighted by molar-refractivity contribution is 0.0773. The first-order chi connectivity index (χ1) is 19.0. The fourth-order valence-electron chi connectivity index (χ4n) is 5.02. The molecule has 0 unspecified atom stereocenters. The largest absolute Gasteiger partial charge is 0.496 e. The van der Waals surface area contributed by atoms with Crippen LogP contribution >= 0.6 is 0 Å². The first-order valence-corrected chi connectivity index (χ1v) is 13.7. The molecule has 2 aromatic carbocycles. The molecule has 0 aliphatic carbocycles. The van der Waals surface area contributed by atoms with E-state index in [1.807, 2.05) is 62.2 Å². The molecule has 208 valence electrons. The number of piperazine rings is 1. The molecule has 1 saturated heterocycles. The first kappa shape index (κ1) is 28.2. The van der Waals surface area contributed by atoms with E-state index >= 15 is 0 Å². The second kappa shape index (κ2) is 13.3. The van der Waals surface area contributed by atoms with E-state index in [-0.39, 0.29) is 5.91 Å². The molecule has 0 bridgehead atoms. The summed E-state index contributed by atoms with van der Waals surface area (Å²) in [5, 5.41) is 0. The minimum atomic E-state index is 0.0866. The summed E-state index contributed by atoms with van der Waals surface area (Å²) in [5.74, 6) is 2.41. The Bertz CT molecular complexity index is 1210. The molecule has 8 heteroatoms. The predicted molar refractivity (Wildman–Crippen MR) is 155 cm³/mol. The highest BCUT2D eigenvalue weighted by Crippen LogP contribution is 2.37. The van der Waals surface area contributed by atoms with Gasteiger partial charge in [-0.15, -0.1) is 0 Å². The number of hydrogen-bond donors (Lipinski definition) is 0. The normalized spacial score (nSPS) is 13.7. The molecular weight excluding hydrogens is 492 g/mol. The van der Waals surface area contributed by atoms with Gasteiger partial charge in [0, 0.05) is 68.8 Å². The van der Waals surface area contributed by atoms with Crippen LogP contribution in [0, 0.1) is 0 Å². The minimum absolute atomic E-state index is 0.0866. The van der Waals surface area contributed by atoms with E-state index in [0.29, 0.717) is 6.61 Å². The summed E-state index contributed by atoms with van der Waals surface area (Å²) >= 11 is 0. The van der Waals surface area contributed by atoms with Crippen LogP contribution in [0.2, 0.25) is 0 Å². The smallest absolute Gasteiger partial charge is 0.253 e. The third-order valence-corrected chi connectivity index (χ3v) is 7.25. The van der Waals surface area contributed by atoms with Crippen LogP contribution in [0.15, 0.2) is 54.9 Å². The maximum absolute atomic E-state index is 12.6. The minimum Gasteiger partial charge on any atom is -0.496 e. The number of ether oxygens (including phenoxy) is 3. The second-order valence-corrected chi connectivity index (χ2v) is 9.49. The monoisotopic (exact) mass is 532 g/mol. The van der Waals surface area contributed by atoms with Crippen LogP contribution in [0.4, 0.5) is 5.69 Å². The third kappa shape index (κ3) is 6.63. The molecule has 1 aliphatic rings. The SMILES string of the molecule is CCOc1cncc(-c2cc(OC)c(CN3CCN(c4ccc(C(=O)N(CC)CC)cc4)CC3)c(OC)c2)c1. The van der Waals surface area contributed by atoms with Crippen molar-refractivity contribution < 1.29 is 19.0 Å². The number of benzene rings is 2. The van der Waals surface area contributed by atoms with Gasteiger partial charge in [0.05, 0.1) is 32.6 Å². The average molecular weight is 533 g/mol. The zero-order valence-electron chi connectivity index (χ0n) is 23.8. The third-order valence-electron chi connectivity index (χ3n) is 7.25. The van der Waals surface area contributed by atoms with Crippen molar-refractivity contribution in [3.8, 4) is 28.4 Å². The van der Waals surface area contributed by atoms with E-state index in [1.165, 1.54) is 0 Å². The van der Waals surface area contributed by atoms with Gasteiger partial charge in [0.1, 0.15) is 17.2 Å². The maximum Gasteiger partial charge on any atom is 0.253 e. The lowest BCUT2D eigenvalue weighted by Crippen LogP contribution is -2.46. The molecular formula is C31H40N4O4. The number of amides is 1. The molecule has 2 heterocycles. The molecule has 1 aliphatic heterocycles. The number of methoxy groups -OCH3 is 2. The van der Waals surface area contributed by atoms with Gasteiger partial charge in [0.15, 0.2) is 0 Å². The van der Waals surface area contributed by atoms with Crippen LogP contribution in [-0.2, 0) is 6.54 Å². The Labute approximate surface area is 232 Å². The molecule has 0 N–H and O–H groups in total. The van der Waals surface area contributed by atoms with Crippen LogP contribution < -0.4 is 19.1 Å². The van der Waals surface area contributed by atoms with Crippen molar-refractivity contribution in [1.29, 1.82) is 0 Å².